The lowest BCUT2D eigenvalue weighted by Crippen LogP contribution is -2.15. The molecule has 0 fully saturated rings. The third-order valence-corrected chi connectivity index (χ3v) is 5.03. The lowest BCUT2D eigenvalue weighted by Gasteiger charge is -2.10. The smallest absolute Gasteiger partial charge is 0.228 e. The summed E-state index contributed by atoms with van der Waals surface area (Å²) >= 11 is 1.51. The van der Waals surface area contributed by atoms with Gasteiger partial charge in [0.05, 0.1) is 22.1 Å². The highest BCUT2D eigenvalue weighted by Gasteiger charge is 2.13. The van der Waals surface area contributed by atoms with Crippen LogP contribution in [-0.2, 0) is 11.2 Å². The van der Waals surface area contributed by atoms with E-state index in [1.54, 1.807) is 29.8 Å². The number of allylic oxidation sites excluding steroid dienone is 1. The summed E-state index contributed by atoms with van der Waals surface area (Å²) in [4.78, 5) is 16.5. The van der Waals surface area contributed by atoms with E-state index >= 15 is 0 Å². The fourth-order valence-corrected chi connectivity index (χ4v) is 3.48. The largest absolute Gasteiger partial charge is 0.486 e. The molecule has 3 aromatic rings. The van der Waals surface area contributed by atoms with Gasteiger partial charge in [0.25, 0.3) is 0 Å². The lowest BCUT2D eigenvalue weighted by atomic mass is 10.1. The van der Waals surface area contributed by atoms with E-state index in [4.69, 9.17) is 4.74 Å². The van der Waals surface area contributed by atoms with Gasteiger partial charge in [-0.25, -0.2) is 9.37 Å². The number of nitrogens with zero attached hydrogens (tertiary/aromatic N) is 1. The third kappa shape index (κ3) is 5.39. The molecule has 28 heavy (non-hydrogen) atoms. The van der Waals surface area contributed by atoms with Gasteiger partial charge in [-0.15, -0.1) is 11.3 Å². The average Bonchev–Trinajstić information content (AvgIpc) is 3.15. The van der Waals surface area contributed by atoms with Crippen LogP contribution >= 0.6 is 11.3 Å². The number of hydrogen-bond donors (Lipinski definition) is 1. The number of unbranched alkanes of at least 4 members (excludes halogenated alkanes) is 2. The molecule has 6 heteroatoms. The molecule has 1 heterocycles. The maximum absolute atomic E-state index is 14.6. The number of aromatic nitrogens is 1. The number of hydrogen-bond acceptors (Lipinski definition) is 4. The highest BCUT2D eigenvalue weighted by atomic mass is 32.1. The number of thiazole rings is 1. The summed E-state index contributed by atoms with van der Waals surface area (Å²) in [6.07, 6.45) is 7.14. The summed E-state index contributed by atoms with van der Waals surface area (Å²) in [6.45, 7) is 2.45. The van der Waals surface area contributed by atoms with Crippen LogP contribution in [0.1, 0.15) is 31.7 Å². The summed E-state index contributed by atoms with van der Waals surface area (Å²) in [5, 5.41) is 2.81. The van der Waals surface area contributed by atoms with E-state index in [2.05, 4.69) is 17.2 Å². The number of amides is 1. The SMILES string of the molecule is CCCCC=CCOc1cccc(CC(=O)Nc2ccc3ncsc3c2)c1F. The van der Waals surface area contributed by atoms with Gasteiger partial charge in [0, 0.05) is 11.3 Å². The number of fused-ring (bicyclic) bond motifs is 1. The van der Waals surface area contributed by atoms with Gasteiger partial charge in [-0.1, -0.05) is 44.1 Å². The van der Waals surface area contributed by atoms with E-state index in [-0.39, 0.29) is 18.1 Å². The molecule has 0 bridgehead atoms. The van der Waals surface area contributed by atoms with Crippen molar-refractivity contribution in [3.63, 3.8) is 0 Å². The van der Waals surface area contributed by atoms with E-state index in [0.29, 0.717) is 17.9 Å². The standard InChI is InChI=1S/C22H23FN2O2S/c1-2-3-4-5-6-12-27-19-9-7-8-16(22(19)23)13-21(26)25-17-10-11-18-20(14-17)28-15-24-18/h5-11,14-15H,2-4,12-13H2,1H3,(H,25,26). The zero-order chi connectivity index (χ0) is 19.8. The number of benzene rings is 2. The van der Waals surface area contributed by atoms with Crippen molar-refractivity contribution in [2.45, 2.75) is 32.6 Å². The second-order valence-electron chi connectivity index (χ2n) is 6.41. The molecular formula is C22H23FN2O2S. The van der Waals surface area contributed by atoms with Gasteiger partial charge in [-0.05, 0) is 30.7 Å². The van der Waals surface area contributed by atoms with Gasteiger partial charge in [0.15, 0.2) is 11.6 Å². The van der Waals surface area contributed by atoms with Crippen LogP contribution in [0.25, 0.3) is 10.2 Å². The maximum atomic E-state index is 14.6. The predicted octanol–water partition coefficient (Wildman–Crippen LogP) is 5.74. The minimum atomic E-state index is -0.488. The van der Waals surface area contributed by atoms with Crippen LogP contribution in [0.5, 0.6) is 5.75 Å². The Hall–Kier alpha value is -2.73. The molecule has 1 amide bonds. The van der Waals surface area contributed by atoms with E-state index < -0.39 is 5.82 Å². The molecule has 0 unspecified atom stereocenters. The Balaban J connectivity index is 1.58. The van der Waals surface area contributed by atoms with Crippen LogP contribution in [-0.4, -0.2) is 17.5 Å². The Labute approximate surface area is 168 Å². The topological polar surface area (TPSA) is 51.2 Å². The van der Waals surface area contributed by atoms with Crippen molar-refractivity contribution >= 4 is 33.1 Å². The molecule has 2 aromatic carbocycles. The minimum Gasteiger partial charge on any atom is -0.486 e. The van der Waals surface area contributed by atoms with Crippen molar-refractivity contribution in [3.05, 3.63) is 65.4 Å². The molecule has 0 saturated heterocycles. The maximum Gasteiger partial charge on any atom is 0.228 e. The molecule has 1 N–H and O–H groups in total. The first kappa shape index (κ1) is 20.0. The van der Waals surface area contributed by atoms with Crippen LogP contribution in [0.15, 0.2) is 54.1 Å². The lowest BCUT2D eigenvalue weighted by molar-refractivity contribution is -0.115. The van der Waals surface area contributed by atoms with Crippen LogP contribution in [0, 0.1) is 5.82 Å². The van der Waals surface area contributed by atoms with E-state index in [1.165, 1.54) is 11.3 Å². The fraction of sp³-hybridized carbons (Fsp3) is 0.273. The first-order chi connectivity index (χ1) is 13.7. The highest BCUT2D eigenvalue weighted by molar-refractivity contribution is 7.16. The molecule has 1 aromatic heterocycles. The Morgan fingerprint density at radius 2 is 2.18 bits per heavy atom. The monoisotopic (exact) mass is 398 g/mol. The molecule has 0 radical (unpaired) electrons. The van der Waals surface area contributed by atoms with Crippen LogP contribution in [0.2, 0.25) is 0 Å². The van der Waals surface area contributed by atoms with Crippen LogP contribution in [0.4, 0.5) is 10.1 Å². The molecule has 4 nitrogen and oxygen atoms in total. The minimum absolute atomic E-state index is 0.0594. The van der Waals surface area contributed by atoms with Crippen molar-refractivity contribution in [2.75, 3.05) is 11.9 Å². The van der Waals surface area contributed by atoms with Crippen molar-refractivity contribution in [2.24, 2.45) is 0 Å². The van der Waals surface area contributed by atoms with E-state index in [1.807, 2.05) is 24.3 Å². The van der Waals surface area contributed by atoms with Crippen molar-refractivity contribution in [1.82, 2.24) is 4.98 Å². The predicted molar refractivity (Wildman–Crippen MR) is 113 cm³/mol. The van der Waals surface area contributed by atoms with E-state index in [0.717, 1.165) is 29.5 Å². The number of rotatable bonds is 9. The zero-order valence-corrected chi connectivity index (χ0v) is 16.6. The molecule has 0 spiro atoms. The number of halogens is 1. The zero-order valence-electron chi connectivity index (χ0n) is 15.8. The van der Waals surface area contributed by atoms with Gasteiger partial charge in [-0.3, -0.25) is 4.79 Å². The summed E-state index contributed by atoms with van der Waals surface area (Å²) in [5.74, 6) is -0.603. The van der Waals surface area contributed by atoms with Crippen molar-refractivity contribution in [1.29, 1.82) is 0 Å². The Kier molecular flexibility index (Phi) is 7.14. The molecule has 146 valence electrons. The van der Waals surface area contributed by atoms with Crippen LogP contribution < -0.4 is 10.1 Å². The molecule has 0 saturated carbocycles. The van der Waals surface area contributed by atoms with Gasteiger partial charge in [0.1, 0.15) is 6.61 Å². The summed E-state index contributed by atoms with van der Waals surface area (Å²) in [5.41, 5.74) is 3.63. The second-order valence-corrected chi connectivity index (χ2v) is 7.30. The molecule has 0 aliphatic heterocycles. The Bertz CT molecular complexity index is 968. The van der Waals surface area contributed by atoms with Gasteiger partial charge >= 0.3 is 0 Å². The fourth-order valence-electron chi connectivity index (χ4n) is 2.76. The number of ether oxygens (including phenoxy) is 1. The van der Waals surface area contributed by atoms with Crippen LogP contribution in [0.3, 0.4) is 0 Å². The van der Waals surface area contributed by atoms with Gasteiger partial charge < -0.3 is 10.1 Å². The second kappa shape index (κ2) is 9.99. The number of carbonyl (C=O) groups excluding carboxylic acids is 1. The Morgan fingerprint density at radius 3 is 3.04 bits per heavy atom. The Morgan fingerprint density at radius 1 is 1.29 bits per heavy atom. The van der Waals surface area contributed by atoms with Crippen molar-refractivity contribution < 1.29 is 13.9 Å². The number of nitrogens with one attached hydrogen (secondary N) is 1. The summed E-state index contributed by atoms with van der Waals surface area (Å²) in [6, 6.07) is 10.4. The summed E-state index contributed by atoms with van der Waals surface area (Å²) in [7, 11) is 0. The molecule has 0 aliphatic carbocycles. The summed E-state index contributed by atoms with van der Waals surface area (Å²) < 4.78 is 21.1. The normalized spacial score (nSPS) is 11.2. The highest BCUT2D eigenvalue weighted by Crippen LogP contribution is 2.23. The third-order valence-electron chi connectivity index (χ3n) is 4.24. The van der Waals surface area contributed by atoms with Gasteiger partial charge in [0.2, 0.25) is 5.91 Å². The van der Waals surface area contributed by atoms with Gasteiger partial charge in [-0.2, -0.15) is 0 Å². The van der Waals surface area contributed by atoms with E-state index in [9.17, 15) is 9.18 Å². The average molecular weight is 399 g/mol. The first-order valence-corrected chi connectivity index (χ1v) is 10.2. The molecule has 3 rings (SSSR count). The molecule has 0 atom stereocenters. The molecule has 0 aliphatic rings. The van der Waals surface area contributed by atoms with Crippen molar-refractivity contribution in [3.8, 4) is 5.75 Å². The first-order valence-electron chi connectivity index (χ1n) is 9.35. The number of carbonyl (C=O) groups is 1. The quantitative estimate of drug-likeness (QED) is 0.369. The number of anilines is 1. The molecular weight excluding hydrogens is 375 g/mol.